The maximum atomic E-state index is 12.0. The van der Waals surface area contributed by atoms with E-state index in [1.54, 1.807) is 11.6 Å². The van der Waals surface area contributed by atoms with Crippen LogP contribution < -0.4 is 17.0 Å². The fourth-order valence-electron chi connectivity index (χ4n) is 1.91. The van der Waals surface area contributed by atoms with E-state index in [0.29, 0.717) is 17.7 Å². The Morgan fingerprint density at radius 2 is 1.88 bits per heavy atom. The molecular formula is C10H15N5O2. The van der Waals surface area contributed by atoms with Gasteiger partial charge in [0.2, 0.25) is 5.95 Å². The number of hydrogen-bond donors (Lipinski definition) is 1. The van der Waals surface area contributed by atoms with Crippen molar-refractivity contribution < 1.29 is 0 Å². The van der Waals surface area contributed by atoms with Gasteiger partial charge in [0.25, 0.3) is 5.56 Å². The first kappa shape index (κ1) is 11.4. The van der Waals surface area contributed by atoms with Crippen LogP contribution in [-0.2, 0) is 20.6 Å². The summed E-state index contributed by atoms with van der Waals surface area (Å²) in [5.41, 5.74) is 5.73. The van der Waals surface area contributed by atoms with Crippen molar-refractivity contribution in [3.63, 3.8) is 0 Å². The van der Waals surface area contributed by atoms with Crippen molar-refractivity contribution >= 4 is 17.1 Å². The van der Waals surface area contributed by atoms with Crippen LogP contribution in [0.1, 0.15) is 13.3 Å². The zero-order chi connectivity index (χ0) is 12.7. The smallest absolute Gasteiger partial charge is 0.332 e. The van der Waals surface area contributed by atoms with Crippen molar-refractivity contribution in [2.45, 2.75) is 19.9 Å². The van der Waals surface area contributed by atoms with E-state index >= 15 is 0 Å². The van der Waals surface area contributed by atoms with Gasteiger partial charge < -0.3 is 10.3 Å². The van der Waals surface area contributed by atoms with E-state index in [9.17, 15) is 9.59 Å². The predicted octanol–water partition coefficient (Wildman–Crippen LogP) is -0.574. The topological polar surface area (TPSA) is 87.8 Å². The second-order valence-electron chi connectivity index (χ2n) is 4.00. The molecule has 0 fully saturated rings. The molecule has 0 aliphatic heterocycles. The summed E-state index contributed by atoms with van der Waals surface area (Å²) in [4.78, 5) is 27.8. The molecule has 0 spiro atoms. The predicted molar refractivity (Wildman–Crippen MR) is 64.9 cm³/mol. The Bertz CT molecular complexity index is 691. The molecule has 2 rings (SSSR count). The molecule has 17 heavy (non-hydrogen) atoms. The Labute approximate surface area is 97.1 Å². The minimum Gasteiger partial charge on any atom is -0.369 e. The van der Waals surface area contributed by atoms with Crippen molar-refractivity contribution in [1.29, 1.82) is 0 Å². The van der Waals surface area contributed by atoms with E-state index in [1.807, 2.05) is 6.92 Å². The monoisotopic (exact) mass is 237 g/mol. The van der Waals surface area contributed by atoms with E-state index in [1.165, 1.54) is 11.6 Å². The minimum atomic E-state index is -0.399. The van der Waals surface area contributed by atoms with Gasteiger partial charge in [-0.3, -0.25) is 13.9 Å². The molecule has 92 valence electrons. The molecule has 0 bridgehead atoms. The Morgan fingerprint density at radius 3 is 2.47 bits per heavy atom. The van der Waals surface area contributed by atoms with Crippen molar-refractivity contribution in [2.24, 2.45) is 14.1 Å². The van der Waals surface area contributed by atoms with Crippen LogP contribution >= 0.6 is 0 Å². The first-order valence-electron chi connectivity index (χ1n) is 5.40. The van der Waals surface area contributed by atoms with Crippen LogP contribution in [0.3, 0.4) is 0 Å². The molecule has 7 heteroatoms. The number of imidazole rings is 1. The molecule has 0 aliphatic carbocycles. The quantitative estimate of drug-likeness (QED) is 0.757. The number of fused-ring (bicyclic) bond motifs is 1. The summed E-state index contributed by atoms with van der Waals surface area (Å²) in [6.45, 7) is 2.59. The van der Waals surface area contributed by atoms with Crippen molar-refractivity contribution in [3.05, 3.63) is 20.8 Å². The highest BCUT2D eigenvalue weighted by Gasteiger charge is 2.16. The van der Waals surface area contributed by atoms with Crippen LogP contribution in [0.15, 0.2) is 9.59 Å². The summed E-state index contributed by atoms with van der Waals surface area (Å²) in [6.07, 6.45) is 0.835. The van der Waals surface area contributed by atoms with Crippen molar-refractivity contribution in [2.75, 3.05) is 5.73 Å². The molecule has 0 saturated carbocycles. The molecule has 2 heterocycles. The van der Waals surface area contributed by atoms with Gasteiger partial charge in [-0.1, -0.05) is 6.92 Å². The van der Waals surface area contributed by atoms with E-state index in [0.717, 1.165) is 11.0 Å². The van der Waals surface area contributed by atoms with E-state index in [-0.39, 0.29) is 11.5 Å². The van der Waals surface area contributed by atoms with Crippen LogP contribution in [0, 0.1) is 0 Å². The molecule has 0 atom stereocenters. The SMILES string of the molecule is CCCn1c(N)nc2c1c(=O)n(C)c(=O)n2C. The van der Waals surface area contributed by atoms with Gasteiger partial charge in [-0.25, -0.2) is 4.79 Å². The molecule has 2 aromatic heterocycles. The fraction of sp³-hybridized carbons (Fsp3) is 0.500. The van der Waals surface area contributed by atoms with Gasteiger partial charge in [0.15, 0.2) is 11.2 Å². The summed E-state index contributed by atoms with van der Waals surface area (Å²) >= 11 is 0. The van der Waals surface area contributed by atoms with E-state index < -0.39 is 5.69 Å². The average molecular weight is 237 g/mol. The zero-order valence-electron chi connectivity index (χ0n) is 10.1. The molecule has 0 aliphatic rings. The minimum absolute atomic E-state index is 0.264. The maximum absolute atomic E-state index is 12.0. The fourth-order valence-corrected chi connectivity index (χ4v) is 1.91. The maximum Gasteiger partial charge on any atom is 0.332 e. The first-order chi connectivity index (χ1) is 7.99. The molecule has 2 N–H and O–H groups in total. The summed E-state index contributed by atoms with van der Waals surface area (Å²) < 4.78 is 4.05. The lowest BCUT2D eigenvalue weighted by Gasteiger charge is -2.05. The number of aryl methyl sites for hydroxylation is 2. The van der Waals surface area contributed by atoms with Crippen LogP contribution in [0.2, 0.25) is 0 Å². The number of aromatic nitrogens is 4. The van der Waals surface area contributed by atoms with Gasteiger partial charge in [-0.2, -0.15) is 4.98 Å². The third kappa shape index (κ3) is 1.46. The third-order valence-corrected chi connectivity index (χ3v) is 2.82. The molecule has 7 nitrogen and oxygen atoms in total. The Morgan fingerprint density at radius 1 is 1.24 bits per heavy atom. The summed E-state index contributed by atoms with van der Waals surface area (Å²) in [5.74, 6) is 0.264. The van der Waals surface area contributed by atoms with Gasteiger partial charge >= 0.3 is 5.69 Å². The number of rotatable bonds is 2. The number of anilines is 1. The van der Waals surface area contributed by atoms with Crippen LogP contribution in [0.4, 0.5) is 5.95 Å². The first-order valence-corrected chi connectivity index (χ1v) is 5.40. The van der Waals surface area contributed by atoms with E-state index in [4.69, 9.17) is 5.73 Å². The number of hydrogen-bond acceptors (Lipinski definition) is 4. The molecule has 0 unspecified atom stereocenters. The third-order valence-electron chi connectivity index (χ3n) is 2.82. The van der Waals surface area contributed by atoms with E-state index in [2.05, 4.69) is 4.98 Å². The van der Waals surface area contributed by atoms with Crippen molar-refractivity contribution in [3.8, 4) is 0 Å². The summed E-state index contributed by atoms with van der Waals surface area (Å²) in [6, 6.07) is 0. The molecule has 0 aromatic carbocycles. The van der Waals surface area contributed by atoms with Gasteiger partial charge in [-0.05, 0) is 6.42 Å². The Kier molecular flexibility index (Phi) is 2.53. The Balaban J connectivity index is 3.02. The van der Waals surface area contributed by atoms with Crippen LogP contribution in [-0.4, -0.2) is 18.7 Å². The average Bonchev–Trinajstić information content (AvgIpc) is 2.62. The lowest BCUT2D eigenvalue weighted by atomic mass is 10.4. The van der Waals surface area contributed by atoms with Gasteiger partial charge in [0.05, 0.1) is 0 Å². The highest BCUT2D eigenvalue weighted by atomic mass is 16.2. The van der Waals surface area contributed by atoms with Gasteiger partial charge in [0.1, 0.15) is 0 Å². The molecule has 0 radical (unpaired) electrons. The van der Waals surface area contributed by atoms with Gasteiger partial charge in [-0.15, -0.1) is 0 Å². The number of nitrogen functional groups attached to an aromatic ring is 1. The molecule has 0 amide bonds. The normalized spacial score (nSPS) is 11.2. The zero-order valence-corrected chi connectivity index (χ0v) is 10.1. The highest BCUT2D eigenvalue weighted by molar-refractivity contribution is 5.73. The number of nitrogens with two attached hydrogens (primary N) is 1. The molecule has 0 saturated heterocycles. The van der Waals surface area contributed by atoms with Gasteiger partial charge in [0, 0.05) is 20.6 Å². The lowest BCUT2D eigenvalue weighted by Crippen LogP contribution is -2.37. The Hall–Kier alpha value is -2.05. The van der Waals surface area contributed by atoms with Crippen molar-refractivity contribution in [1.82, 2.24) is 18.7 Å². The molecule has 2 aromatic rings. The van der Waals surface area contributed by atoms with Crippen LogP contribution in [0.5, 0.6) is 0 Å². The second-order valence-corrected chi connectivity index (χ2v) is 4.00. The largest absolute Gasteiger partial charge is 0.369 e. The standard InChI is InChI=1S/C10H15N5O2/c1-4-5-15-6-7(12-9(15)11)13(2)10(17)14(3)8(6)16/h4-5H2,1-3H3,(H2,11,12). The highest BCUT2D eigenvalue weighted by Crippen LogP contribution is 2.12. The summed E-state index contributed by atoms with van der Waals surface area (Å²) in [5, 5.41) is 0. The van der Waals surface area contributed by atoms with Crippen LogP contribution in [0.25, 0.3) is 11.2 Å². The second kappa shape index (κ2) is 3.76. The number of nitrogens with zero attached hydrogens (tertiary/aromatic N) is 4. The summed E-state index contributed by atoms with van der Waals surface area (Å²) in [7, 11) is 3.02. The lowest BCUT2D eigenvalue weighted by molar-refractivity contribution is 0.680. The molecular weight excluding hydrogens is 222 g/mol.